The molecule has 0 unspecified atom stereocenters. The molecule has 0 aliphatic rings. The van der Waals surface area contributed by atoms with Gasteiger partial charge in [-0.1, -0.05) is 41.9 Å². The fraction of sp³-hybridized carbons (Fsp3) is 0.0625. The molecule has 2 aromatic carbocycles. The number of rotatable bonds is 3. The van der Waals surface area contributed by atoms with Crippen LogP contribution in [-0.2, 0) is 6.61 Å². The average molecular weight is 305 g/mol. The summed E-state index contributed by atoms with van der Waals surface area (Å²) in [6.45, 7) is 0.126. The van der Waals surface area contributed by atoms with Crippen molar-refractivity contribution >= 4 is 22.4 Å². The van der Waals surface area contributed by atoms with Crippen molar-refractivity contribution in [2.24, 2.45) is 0 Å². The molecule has 0 spiro atoms. The number of halogens is 2. The van der Waals surface area contributed by atoms with Gasteiger partial charge < -0.3 is 9.15 Å². The molecule has 5 heteroatoms. The van der Waals surface area contributed by atoms with E-state index in [4.69, 9.17) is 20.8 Å². The van der Waals surface area contributed by atoms with Gasteiger partial charge >= 0.3 is 11.6 Å². The molecule has 0 fully saturated rings. The third kappa shape index (κ3) is 2.76. The van der Waals surface area contributed by atoms with Crippen LogP contribution < -0.4 is 10.4 Å². The summed E-state index contributed by atoms with van der Waals surface area (Å²) in [6, 6.07) is 12.7. The van der Waals surface area contributed by atoms with E-state index < -0.39 is 5.63 Å². The largest absolute Gasteiger partial charge is 0.459 e. The predicted octanol–water partition coefficient (Wildman–Crippen LogP) is 4.16. The fourth-order valence-corrected chi connectivity index (χ4v) is 2.23. The Morgan fingerprint density at radius 3 is 2.43 bits per heavy atom. The Morgan fingerprint density at radius 1 is 1.05 bits per heavy atom. The SMILES string of the molecule is O=c1oc(OCc2ccc(F)cc2)c(Cl)c2ccccc12. The third-order valence-corrected chi connectivity index (χ3v) is 3.39. The van der Waals surface area contributed by atoms with E-state index in [0.29, 0.717) is 10.8 Å². The summed E-state index contributed by atoms with van der Waals surface area (Å²) in [4.78, 5) is 11.9. The van der Waals surface area contributed by atoms with Gasteiger partial charge in [-0.15, -0.1) is 0 Å². The molecule has 0 saturated heterocycles. The minimum absolute atomic E-state index is 0.0373. The number of hydrogen-bond donors (Lipinski definition) is 0. The lowest BCUT2D eigenvalue weighted by Gasteiger charge is -2.08. The van der Waals surface area contributed by atoms with Crippen molar-refractivity contribution in [2.75, 3.05) is 0 Å². The fourth-order valence-electron chi connectivity index (χ4n) is 1.97. The first-order valence-electron chi connectivity index (χ1n) is 6.24. The van der Waals surface area contributed by atoms with Crippen LogP contribution in [0.4, 0.5) is 4.39 Å². The maximum atomic E-state index is 12.8. The highest BCUT2D eigenvalue weighted by molar-refractivity contribution is 6.36. The van der Waals surface area contributed by atoms with Gasteiger partial charge in [-0.05, 0) is 23.8 Å². The molecule has 0 radical (unpaired) electrons. The Labute approximate surface area is 124 Å². The summed E-state index contributed by atoms with van der Waals surface area (Å²) >= 11 is 6.19. The molecule has 106 valence electrons. The average Bonchev–Trinajstić information content (AvgIpc) is 2.51. The zero-order chi connectivity index (χ0) is 14.8. The normalized spacial score (nSPS) is 10.8. The van der Waals surface area contributed by atoms with Gasteiger partial charge in [0, 0.05) is 5.39 Å². The van der Waals surface area contributed by atoms with Gasteiger partial charge in [0.15, 0.2) is 0 Å². The Balaban J connectivity index is 1.92. The Bertz CT molecular complexity index is 840. The third-order valence-electron chi connectivity index (χ3n) is 3.03. The van der Waals surface area contributed by atoms with Gasteiger partial charge in [-0.2, -0.15) is 0 Å². The monoisotopic (exact) mass is 304 g/mol. The van der Waals surface area contributed by atoms with Crippen LogP contribution in [-0.4, -0.2) is 0 Å². The van der Waals surface area contributed by atoms with Gasteiger partial charge in [-0.25, -0.2) is 9.18 Å². The van der Waals surface area contributed by atoms with Gasteiger partial charge in [0.25, 0.3) is 0 Å². The van der Waals surface area contributed by atoms with Gasteiger partial charge in [-0.3, -0.25) is 0 Å². The maximum absolute atomic E-state index is 12.8. The zero-order valence-electron chi connectivity index (χ0n) is 10.8. The molecule has 0 N–H and O–H groups in total. The maximum Gasteiger partial charge on any atom is 0.346 e. The van der Waals surface area contributed by atoms with Gasteiger partial charge in [0.1, 0.15) is 17.4 Å². The summed E-state index contributed by atoms with van der Waals surface area (Å²) in [6.07, 6.45) is 0. The van der Waals surface area contributed by atoms with E-state index in [-0.39, 0.29) is 23.4 Å². The van der Waals surface area contributed by atoms with E-state index in [1.54, 1.807) is 36.4 Å². The number of hydrogen-bond acceptors (Lipinski definition) is 3. The topological polar surface area (TPSA) is 39.4 Å². The molecule has 3 rings (SSSR count). The van der Waals surface area contributed by atoms with Crippen LogP contribution in [0.2, 0.25) is 5.02 Å². The van der Waals surface area contributed by atoms with Crippen molar-refractivity contribution in [3.8, 4) is 5.95 Å². The van der Waals surface area contributed by atoms with E-state index in [9.17, 15) is 9.18 Å². The molecular weight excluding hydrogens is 295 g/mol. The Morgan fingerprint density at radius 2 is 1.71 bits per heavy atom. The molecule has 0 aliphatic carbocycles. The summed E-state index contributed by atoms with van der Waals surface area (Å²) in [5, 5.41) is 1.22. The molecular formula is C16H10ClFO3. The van der Waals surface area contributed by atoms with Crippen molar-refractivity contribution in [3.63, 3.8) is 0 Å². The zero-order valence-corrected chi connectivity index (χ0v) is 11.6. The van der Waals surface area contributed by atoms with Crippen LogP contribution in [0.1, 0.15) is 5.56 Å². The number of fused-ring (bicyclic) bond motifs is 1. The number of benzene rings is 2. The summed E-state index contributed by atoms with van der Waals surface area (Å²) in [5.41, 5.74) is 0.229. The highest BCUT2D eigenvalue weighted by atomic mass is 35.5. The molecule has 0 aliphatic heterocycles. The molecule has 1 aromatic heterocycles. The molecule has 1 heterocycles. The van der Waals surface area contributed by atoms with Crippen LogP contribution in [0.25, 0.3) is 10.8 Å². The molecule has 0 amide bonds. The molecule has 0 saturated carbocycles. The van der Waals surface area contributed by atoms with Crippen LogP contribution in [0.5, 0.6) is 5.95 Å². The summed E-state index contributed by atoms with van der Waals surface area (Å²) in [7, 11) is 0. The van der Waals surface area contributed by atoms with Gasteiger partial charge in [0.05, 0.1) is 5.39 Å². The Hall–Kier alpha value is -2.33. The van der Waals surface area contributed by atoms with Crippen molar-refractivity contribution in [2.45, 2.75) is 6.61 Å². The lowest BCUT2D eigenvalue weighted by molar-refractivity contribution is 0.222. The molecule has 0 atom stereocenters. The summed E-state index contributed by atoms with van der Waals surface area (Å²) < 4.78 is 23.3. The molecule has 21 heavy (non-hydrogen) atoms. The highest BCUT2D eigenvalue weighted by Crippen LogP contribution is 2.30. The second-order valence-corrected chi connectivity index (χ2v) is 4.83. The second-order valence-electron chi connectivity index (χ2n) is 4.45. The van der Waals surface area contributed by atoms with E-state index >= 15 is 0 Å². The van der Waals surface area contributed by atoms with E-state index in [1.807, 2.05) is 0 Å². The van der Waals surface area contributed by atoms with E-state index in [2.05, 4.69) is 0 Å². The van der Waals surface area contributed by atoms with Crippen LogP contribution in [0.15, 0.2) is 57.7 Å². The predicted molar refractivity (Wildman–Crippen MR) is 78.2 cm³/mol. The Kier molecular flexibility index (Phi) is 3.62. The minimum Gasteiger partial charge on any atom is -0.459 e. The van der Waals surface area contributed by atoms with Crippen LogP contribution in [0, 0.1) is 5.82 Å². The quantitative estimate of drug-likeness (QED) is 0.729. The van der Waals surface area contributed by atoms with Crippen molar-refractivity contribution in [3.05, 3.63) is 75.4 Å². The van der Waals surface area contributed by atoms with Crippen molar-refractivity contribution in [1.29, 1.82) is 0 Å². The lowest BCUT2D eigenvalue weighted by Crippen LogP contribution is -2.04. The van der Waals surface area contributed by atoms with Gasteiger partial charge in [0.2, 0.25) is 0 Å². The first-order chi connectivity index (χ1) is 10.1. The highest BCUT2D eigenvalue weighted by Gasteiger charge is 2.13. The van der Waals surface area contributed by atoms with Crippen LogP contribution >= 0.6 is 11.6 Å². The van der Waals surface area contributed by atoms with Crippen molar-refractivity contribution < 1.29 is 13.5 Å². The van der Waals surface area contributed by atoms with Crippen LogP contribution in [0.3, 0.4) is 0 Å². The number of ether oxygens (including phenoxy) is 1. The lowest BCUT2D eigenvalue weighted by atomic mass is 10.2. The smallest absolute Gasteiger partial charge is 0.346 e. The molecule has 3 nitrogen and oxygen atoms in total. The second kappa shape index (κ2) is 5.58. The minimum atomic E-state index is -0.510. The first kappa shape index (κ1) is 13.6. The standard InChI is InChI=1S/C16H10ClFO3/c17-14-12-3-1-2-4-13(12)15(19)21-16(14)20-9-10-5-7-11(18)8-6-10/h1-8H,9H2. The van der Waals surface area contributed by atoms with E-state index in [1.165, 1.54) is 12.1 Å². The molecule has 0 bridgehead atoms. The summed E-state index contributed by atoms with van der Waals surface area (Å²) in [5.74, 6) is -0.362. The molecule has 3 aromatic rings. The first-order valence-corrected chi connectivity index (χ1v) is 6.61. The van der Waals surface area contributed by atoms with E-state index in [0.717, 1.165) is 5.56 Å². The van der Waals surface area contributed by atoms with Crippen molar-refractivity contribution in [1.82, 2.24) is 0 Å².